The second-order valence-electron chi connectivity index (χ2n) is 7.84. The molecule has 2 aromatic rings. The van der Waals surface area contributed by atoms with Crippen LogP contribution in [0.15, 0.2) is 35.7 Å². The summed E-state index contributed by atoms with van der Waals surface area (Å²) in [4.78, 5) is 31.1. The van der Waals surface area contributed by atoms with E-state index < -0.39 is 6.04 Å². The number of nitrogens with one attached hydrogen (secondary N) is 1. The van der Waals surface area contributed by atoms with Crippen LogP contribution in [0, 0.1) is 12.8 Å². The van der Waals surface area contributed by atoms with Gasteiger partial charge in [0.05, 0.1) is 0 Å². The van der Waals surface area contributed by atoms with Gasteiger partial charge < -0.3 is 10.2 Å². The lowest BCUT2D eigenvalue weighted by molar-refractivity contribution is -0.135. The van der Waals surface area contributed by atoms with Crippen molar-refractivity contribution in [2.75, 3.05) is 30.4 Å². The Labute approximate surface area is 192 Å². The Balaban J connectivity index is 2.04. The fourth-order valence-electron chi connectivity index (χ4n) is 3.78. The van der Waals surface area contributed by atoms with Gasteiger partial charge in [0.1, 0.15) is 11.9 Å². The van der Waals surface area contributed by atoms with Crippen LogP contribution in [-0.4, -0.2) is 48.3 Å². The number of aryl methyl sites for hydroxylation is 1. The fourth-order valence-corrected chi connectivity index (χ4v) is 4.94. The predicted molar refractivity (Wildman–Crippen MR) is 125 cm³/mol. The highest BCUT2D eigenvalue weighted by atomic mass is 35.5. The Morgan fingerprint density at radius 1 is 1.33 bits per heavy atom. The summed E-state index contributed by atoms with van der Waals surface area (Å²) in [5.74, 6) is -0.213. The summed E-state index contributed by atoms with van der Waals surface area (Å²) in [6, 6.07) is 8.56. The average Bonchev–Trinajstić information content (AvgIpc) is 3.26. The molecule has 1 aliphatic heterocycles. The molecule has 1 fully saturated rings. The van der Waals surface area contributed by atoms with Crippen LogP contribution in [0.1, 0.15) is 30.3 Å². The monoisotopic (exact) mass is 467 g/mol. The number of rotatable bonds is 6. The van der Waals surface area contributed by atoms with Crippen molar-refractivity contribution in [1.29, 1.82) is 0 Å². The number of carbonyl (C=O) groups excluding carboxylic acids is 2. The van der Waals surface area contributed by atoms with E-state index in [2.05, 4.69) is 19.2 Å². The Hall–Kier alpha value is -1.60. The summed E-state index contributed by atoms with van der Waals surface area (Å²) < 4.78 is 0. The van der Waals surface area contributed by atoms with Crippen LogP contribution >= 0.6 is 34.5 Å². The van der Waals surface area contributed by atoms with Crippen molar-refractivity contribution >= 4 is 52.0 Å². The van der Waals surface area contributed by atoms with Crippen LogP contribution in [0.2, 0.25) is 5.02 Å². The van der Waals surface area contributed by atoms with E-state index in [9.17, 15) is 9.59 Å². The first kappa shape index (κ1) is 23.1. The number of halogens is 2. The molecule has 1 aromatic heterocycles. The Bertz CT molecular complexity index is 889. The molecule has 1 aromatic carbocycles. The minimum absolute atomic E-state index is 0.0857. The maximum atomic E-state index is 13.8. The summed E-state index contributed by atoms with van der Waals surface area (Å²) in [5, 5.41) is 5.98. The normalized spacial score (nSPS) is 17.8. The fraction of sp³-hybridized carbons (Fsp3) is 0.455. The summed E-state index contributed by atoms with van der Waals surface area (Å²) in [7, 11) is 0. The van der Waals surface area contributed by atoms with Gasteiger partial charge in [-0.15, -0.1) is 22.9 Å². The SMILES string of the molecule is Cc1cc(Cl)ccc1N(C(=O)CCl)[C@H](C(=O)N1CCNC(C(C)C)C1)c1cccs1. The number of amides is 2. The van der Waals surface area contributed by atoms with Gasteiger partial charge in [-0.05, 0) is 48.1 Å². The first-order valence-corrected chi connectivity index (χ1v) is 11.8. The van der Waals surface area contributed by atoms with Crippen LogP contribution in [0.3, 0.4) is 0 Å². The second kappa shape index (κ2) is 10.1. The molecule has 2 atom stereocenters. The van der Waals surface area contributed by atoms with Gasteiger partial charge in [0.2, 0.25) is 5.91 Å². The van der Waals surface area contributed by atoms with Crippen molar-refractivity contribution < 1.29 is 9.59 Å². The highest BCUT2D eigenvalue weighted by Crippen LogP contribution is 2.35. The Morgan fingerprint density at radius 3 is 2.70 bits per heavy atom. The first-order valence-electron chi connectivity index (χ1n) is 10.0. The molecule has 5 nitrogen and oxygen atoms in total. The minimum Gasteiger partial charge on any atom is -0.338 e. The van der Waals surface area contributed by atoms with E-state index in [1.165, 1.54) is 11.3 Å². The zero-order chi connectivity index (χ0) is 21.8. The number of piperazine rings is 1. The van der Waals surface area contributed by atoms with E-state index in [4.69, 9.17) is 23.2 Å². The van der Waals surface area contributed by atoms with Crippen molar-refractivity contribution in [3.05, 3.63) is 51.2 Å². The summed E-state index contributed by atoms with van der Waals surface area (Å²) >= 11 is 13.6. The van der Waals surface area contributed by atoms with Crippen LogP contribution in [0.4, 0.5) is 5.69 Å². The number of carbonyl (C=O) groups is 2. The molecule has 1 N–H and O–H groups in total. The van der Waals surface area contributed by atoms with Gasteiger partial charge in [-0.1, -0.05) is 31.5 Å². The number of benzene rings is 1. The van der Waals surface area contributed by atoms with Gasteiger partial charge in [0.15, 0.2) is 0 Å². The number of alkyl halides is 1. The van der Waals surface area contributed by atoms with E-state index in [1.54, 1.807) is 23.1 Å². The molecule has 2 amide bonds. The predicted octanol–water partition coefficient (Wildman–Crippen LogP) is 4.48. The van der Waals surface area contributed by atoms with Crippen molar-refractivity contribution in [1.82, 2.24) is 10.2 Å². The number of anilines is 1. The number of hydrogen-bond donors (Lipinski definition) is 1. The van der Waals surface area contributed by atoms with Gasteiger partial charge in [0, 0.05) is 41.3 Å². The third-order valence-corrected chi connectivity index (χ3v) is 6.82. The smallest absolute Gasteiger partial charge is 0.251 e. The first-order chi connectivity index (χ1) is 14.3. The van der Waals surface area contributed by atoms with Crippen molar-refractivity contribution in [2.24, 2.45) is 5.92 Å². The van der Waals surface area contributed by atoms with Gasteiger partial charge in [-0.3, -0.25) is 14.5 Å². The number of hydrogen-bond acceptors (Lipinski definition) is 4. The molecule has 3 rings (SSSR count). The van der Waals surface area contributed by atoms with Gasteiger partial charge in [-0.2, -0.15) is 0 Å². The number of thiophene rings is 1. The average molecular weight is 468 g/mol. The van der Waals surface area contributed by atoms with E-state index >= 15 is 0 Å². The second-order valence-corrected chi connectivity index (χ2v) is 9.52. The largest absolute Gasteiger partial charge is 0.338 e. The molecule has 0 aliphatic carbocycles. The zero-order valence-electron chi connectivity index (χ0n) is 17.4. The lowest BCUT2D eigenvalue weighted by atomic mass is 10.0. The Morgan fingerprint density at radius 2 is 2.10 bits per heavy atom. The molecular weight excluding hydrogens is 441 g/mol. The zero-order valence-corrected chi connectivity index (χ0v) is 19.7. The van der Waals surface area contributed by atoms with E-state index in [1.807, 2.05) is 29.3 Å². The quantitative estimate of drug-likeness (QED) is 0.637. The van der Waals surface area contributed by atoms with Gasteiger partial charge in [0.25, 0.3) is 5.91 Å². The van der Waals surface area contributed by atoms with E-state index in [0.717, 1.165) is 17.0 Å². The summed E-state index contributed by atoms with van der Waals surface area (Å²) in [6.07, 6.45) is 0. The maximum absolute atomic E-state index is 13.8. The van der Waals surface area contributed by atoms with E-state index in [0.29, 0.717) is 29.7 Å². The summed E-state index contributed by atoms with van der Waals surface area (Å²) in [5.41, 5.74) is 1.46. The molecule has 162 valence electrons. The van der Waals surface area contributed by atoms with Crippen LogP contribution in [0.25, 0.3) is 0 Å². The van der Waals surface area contributed by atoms with Crippen LogP contribution in [-0.2, 0) is 9.59 Å². The third kappa shape index (κ3) is 4.99. The molecule has 0 saturated carbocycles. The van der Waals surface area contributed by atoms with Crippen molar-refractivity contribution in [3.63, 3.8) is 0 Å². The number of nitrogens with zero attached hydrogens (tertiary/aromatic N) is 2. The molecular formula is C22H27Cl2N3O2S. The highest BCUT2D eigenvalue weighted by Gasteiger charge is 2.38. The Kier molecular flexibility index (Phi) is 7.80. The molecule has 1 unspecified atom stereocenters. The van der Waals surface area contributed by atoms with Crippen molar-refractivity contribution in [3.8, 4) is 0 Å². The van der Waals surface area contributed by atoms with Gasteiger partial charge >= 0.3 is 0 Å². The molecule has 0 bridgehead atoms. The lowest BCUT2D eigenvalue weighted by Crippen LogP contribution is -2.57. The lowest BCUT2D eigenvalue weighted by Gasteiger charge is -2.40. The molecule has 1 aliphatic rings. The third-order valence-electron chi connectivity index (χ3n) is 5.43. The molecule has 0 spiro atoms. The topological polar surface area (TPSA) is 52.7 Å². The molecule has 8 heteroatoms. The van der Waals surface area contributed by atoms with Crippen LogP contribution in [0.5, 0.6) is 0 Å². The molecule has 0 radical (unpaired) electrons. The van der Waals surface area contributed by atoms with E-state index in [-0.39, 0.29) is 23.7 Å². The van der Waals surface area contributed by atoms with Gasteiger partial charge in [-0.25, -0.2) is 0 Å². The summed E-state index contributed by atoms with van der Waals surface area (Å²) in [6.45, 7) is 8.11. The minimum atomic E-state index is -0.762. The standard InChI is InChI=1S/C22H27Cl2N3O2S/c1-14(2)17-13-26(9-8-25-17)22(29)21(19-5-4-10-30-19)27(20(28)12-23)18-7-6-16(24)11-15(18)3/h4-7,10-11,14,17,21,25H,8-9,12-13H2,1-3H3/t17?,21-/m0/s1. The molecule has 30 heavy (non-hydrogen) atoms. The van der Waals surface area contributed by atoms with Crippen LogP contribution < -0.4 is 10.2 Å². The molecule has 1 saturated heterocycles. The maximum Gasteiger partial charge on any atom is 0.251 e. The highest BCUT2D eigenvalue weighted by molar-refractivity contribution is 7.10. The molecule has 2 heterocycles. The van der Waals surface area contributed by atoms with Crippen molar-refractivity contribution in [2.45, 2.75) is 32.9 Å².